The third-order valence-corrected chi connectivity index (χ3v) is 3.41. The molecule has 0 bridgehead atoms. The summed E-state index contributed by atoms with van der Waals surface area (Å²) < 4.78 is 4.92. The largest absolute Gasteiger partial charge is 0.466 e. The summed E-state index contributed by atoms with van der Waals surface area (Å²) in [6.45, 7) is 5.41. The van der Waals surface area contributed by atoms with Crippen LogP contribution in [0, 0.1) is 11.8 Å². The Morgan fingerprint density at radius 3 is 2.47 bits per heavy atom. The van der Waals surface area contributed by atoms with Gasteiger partial charge in [-0.1, -0.05) is 6.92 Å². The van der Waals surface area contributed by atoms with Crippen molar-refractivity contribution in [3.8, 4) is 0 Å². The van der Waals surface area contributed by atoms with E-state index in [1.807, 2.05) is 6.92 Å². The molecule has 0 aliphatic carbocycles. The molecule has 1 atom stereocenters. The molecule has 0 saturated carbocycles. The highest BCUT2D eigenvalue weighted by Gasteiger charge is 2.27. The summed E-state index contributed by atoms with van der Waals surface area (Å²) >= 11 is 0. The molecule has 0 spiro atoms. The maximum atomic E-state index is 11.3. The van der Waals surface area contributed by atoms with Gasteiger partial charge < -0.3 is 14.7 Å². The van der Waals surface area contributed by atoms with Crippen molar-refractivity contribution in [2.24, 2.45) is 11.8 Å². The van der Waals surface area contributed by atoms with Gasteiger partial charge in [0.05, 0.1) is 6.61 Å². The SMILES string of the molecule is CCOC(=O)CC(C)C1CCN(C(=O)O)CC1. The molecule has 1 N–H and O–H groups in total. The van der Waals surface area contributed by atoms with Gasteiger partial charge in [0.1, 0.15) is 0 Å². The molecule has 98 valence electrons. The fraction of sp³-hybridized carbons (Fsp3) is 0.833. The Hall–Kier alpha value is -1.26. The van der Waals surface area contributed by atoms with E-state index in [0.717, 1.165) is 12.8 Å². The second-order valence-corrected chi connectivity index (χ2v) is 4.59. The van der Waals surface area contributed by atoms with Gasteiger partial charge in [0.2, 0.25) is 0 Å². The number of esters is 1. The van der Waals surface area contributed by atoms with E-state index in [2.05, 4.69) is 0 Å². The van der Waals surface area contributed by atoms with Gasteiger partial charge in [-0.15, -0.1) is 0 Å². The van der Waals surface area contributed by atoms with E-state index in [9.17, 15) is 9.59 Å². The van der Waals surface area contributed by atoms with E-state index in [0.29, 0.717) is 32.0 Å². The number of likely N-dealkylation sites (tertiary alicyclic amines) is 1. The standard InChI is InChI=1S/C12H21NO4/c1-3-17-11(14)8-9(2)10-4-6-13(7-5-10)12(15)16/h9-10H,3-8H2,1-2H3,(H,15,16). The number of hydrogen-bond acceptors (Lipinski definition) is 3. The minimum Gasteiger partial charge on any atom is -0.466 e. The van der Waals surface area contributed by atoms with Crippen LogP contribution in [0.15, 0.2) is 0 Å². The number of carbonyl (C=O) groups is 2. The van der Waals surface area contributed by atoms with Crippen LogP contribution in [0.4, 0.5) is 4.79 Å². The quantitative estimate of drug-likeness (QED) is 0.766. The Labute approximate surface area is 102 Å². The second-order valence-electron chi connectivity index (χ2n) is 4.59. The predicted molar refractivity (Wildman–Crippen MR) is 62.7 cm³/mol. The molecule has 0 radical (unpaired) electrons. The van der Waals surface area contributed by atoms with E-state index in [-0.39, 0.29) is 11.9 Å². The van der Waals surface area contributed by atoms with E-state index in [1.165, 1.54) is 4.90 Å². The first-order valence-electron chi connectivity index (χ1n) is 6.18. The molecule has 5 heteroatoms. The third-order valence-electron chi connectivity index (χ3n) is 3.41. The molecule has 1 saturated heterocycles. The molecular weight excluding hydrogens is 222 g/mol. The summed E-state index contributed by atoms with van der Waals surface area (Å²) in [6.07, 6.45) is 1.27. The van der Waals surface area contributed by atoms with Gasteiger partial charge in [-0.3, -0.25) is 4.79 Å². The lowest BCUT2D eigenvalue weighted by Gasteiger charge is -2.33. The molecule has 1 aliphatic heterocycles. The van der Waals surface area contributed by atoms with Gasteiger partial charge in [0, 0.05) is 19.5 Å². The molecule has 0 aromatic carbocycles. The summed E-state index contributed by atoms with van der Waals surface area (Å²) in [4.78, 5) is 23.5. The van der Waals surface area contributed by atoms with Crippen LogP contribution in [-0.4, -0.2) is 41.8 Å². The van der Waals surface area contributed by atoms with Gasteiger partial charge >= 0.3 is 12.1 Å². The summed E-state index contributed by atoms with van der Waals surface area (Å²) in [5.74, 6) is 0.542. The average molecular weight is 243 g/mol. The maximum absolute atomic E-state index is 11.3. The molecule has 1 amide bonds. The van der Waals surface area contributed by atoms with Crippen molar-refractivity contribution in [2.45, 2.75) is 33.1 Å². The van der Waals surface area contributed by atoms with E-state index >= 15 is 0 Å². The monoisotopic (exact) mass is 243 g/mol. The summed E-state index contributed by atoms with van der Waals surface area (Å²) in [6, 6.07) is 0. The van der Waals surface area contributed by atoms with E-state index in [1.54, 1.807) is 6.92 Å². The molecule has 1 aliphatic rings. The first-order valence-corrected chi connectivity index (χ1v) is 6.18. The molecule has 1 fully saturated rings. The Morgan fingerprint density at radius 2 is 2.00 bits per heavy atom. The molecule has 0 aromatic heterocycles. The van der Waals surface area contributed by atoms with E-state index < -0.39 is 6.09 Å². The van der Waals surface area contributed by atoms with Gasteiger partial charge in [0.15, 0.2) is 0 Å². The number of nitrogens with zero attached hydrogens (tertiary/aromatic N) is 1. The first kappa shape index (κ1) is 13.8. The number of rotatable bonds is 4. The fourth-order valence-electron chi connectivity index (χ4n) is 2.31. The van der Waals surface area contributed by atoms with Gasteiger partial charge in [-0.05, 0) is 31.6 Å². The van der Waals surface area contributed by atoms with Crippen molar-refractivity contribution in [2.75, 3.05) is 19.7 Å². The van der Waals surface area contributed by atoms with Crippen LogP contribution in [-0.2, 0) is 9.53 Å². The smallest absolute Gasteiger partial charge is 0.407 e. The zero-order valence-corrected chi connectivity index (χ0v) is 10.5. The molecule has 1 heterocycles. The number of piperidine rings is 1. The molecule has 0 aromatic rings. The molecule has 1 unspecified atom stereocenters. The Kier molecular flexibility index (Phi) is 5.25. The van der Waals surface area contributed by atoms with Crippen LogP contribution < -0.4 is 0 Å². The van der Waals surface area contributed by atoms with Gasteiger partial charge in [-0.25, -0.2) is 4.79 Å². The van der Waals surface area contributed by atoms with Crippen LogP contribution in [0.25, 0.3) is 0 Å². The topological polar surface area (TPSA) is 66.8 Å². The van der Waals surface area contributed by atoms with Crippen molar-refractivity contribution in [3.63, 3.8) is 0 Å². The summed E-state index contributed by atoms with van der Waals surface area (Å²) in [5.41, 5.74) is 0. The minimum absolute atomic E-state index is 0.152. The highest BCUT2D eigenvalue weighted by atomic mass is 16.5. The van der Waals surface area contributed by atoms with Crippen molar-refractivity contribution in [1.82, 2.24) is 4.90 Å². The van der Waals surface area contributed by atoms with Crippen molar-refractivity contribution in [3.05, 3.63) is 0 Å². The first-order chi connectivity index (χ1) is 8.04. The lowest BCUT2D eigenvalue weighted by atomic mass is 9.84. The molecule has 17 heavy (non-hydrogen) atoms. The number of hydrogen-bond donors (Lipinski definition) is 1. The van der Waals surface area contributed by atoms with Crippen molar-refractivity contribution < 1.29 is 19.4 Å². The lowest BCUT2D eigenvalue weighted by Crippen LogP contribution is -2.39. The number of carboxylic acid groups (broad SMARTS) is 1. The Morgan fingerprint density at radius 1 is 1.41 bits per heavy atom. The van der Waals surface area contributed by atoms with Gasteiger partial charge in [0.25, 0.3) is 0 Å². The molecule has 1 rings (SSSR count). The number of carbonyl (C=O) groups excluding carboxylic acids is 1. The van der Waals surface area contributed by atoms with Crippen molar-refractivity contribution >= 4 is 12.1 Å². The summed E-state index contributed by atoms with van der Waals surface area (Å²) in [5, 5.41) is 8.83. The average Bonchev–Trinajstić information content (AvgIpc) is 2.29. The third kappa shape index (κ3) is 4.24. The Balaban J connectivity index is 2.33. The Bertz CT molecular complexity index is 272. The van der Waals surface area contributed by atoms with E-state index in [4.69, 9.17) is 9.84 Å². The normalized spacial score (nSPS) is 18.8. The predicted octanol–water partition coefficient (Wildman–Crippen LogP) is 1.97. The lowest BCUT2D eigenvalue weighted by molar-refractivity contribution is -0.144. The van der Waals surface area contributed by atoms with Crippen LogP contribution in [0.2, 0.25) is 0 Å². The fourth-order valence-corrected chi connectivity index (χ4v) is 2.31. The highest BCUT2D eigenvalue weighted by molar-refractivity contribution is 5.69. The highest BCUT2D eigenvalue weighted by Crippen LogP contribution is 2.27. The van der Waals surface area contributed by atoms with Gasteiger partial charge in [-0.2, -0.15) is 0 Å². The number of amides is 1. The maximum Gasteiger partial charge on any atom is 0.407 e. The van der Waals surface area contributed by atoms with Crippen molar-refractivity contribution in [1.29, 1.82) is 0 Å². The molecule has 5 nitrogen and oxygen atoms in total. The summed E-state index contributed by atoms with van der Waals surface area (Å²) in [7, 11) is 0. The number of ether oxygens (including phenoxy) is 1. The van der Waals surface area contributed by atoms with Crippen LogP contribution >= 0.6 is 0 Å². The van der Waals surface area contributed by atoms with Crippen LogP contribution in [0.3, 0.4) is 0 Å². The molecular formula is C12H21NO4. The van der Waals surface area contributed by atoms with Crippen LogP contribution in [0.1, 0.15) is 33.1 Å². The zero-order valence-electron chi connectivity index (χ0n) is 10.5. The minimum atomic E-state index is -0.846. The van der Waals surface area contributed by atoms with Crippen LogP contribution in [0.5, 0.6) is 0 Å². The zero-order chi connectivity index (χ0) is 12.8. The second kappa shape index (κ2) is 6.47.